The molecule has 1 aromatic carbocycles. The lowest BCUT2D eigenvalue weighted by molar-refractivity contribution is -0.127. The van der Waals surface area contributed by atoms with Crippen LogP contribution in [0.1, 0.15) is 12.0 Å². The van der Waals surface area contributed by atoms with Gasteiger partial charge < -0.3 is 15.5 Å². The summed E-state index contributed by atoms with van der Waals surface area (Å²) in [6.45, 7) is 5.12. The van der Waals surface area contributed by atoms with E-state index in [1.807, 2.05) is 25.1 Å². The van der Waals surface area contributed by atoms with Crippen molar-refractivity contribution in [1.29, 1.82) is 0 Å². The average molecular weight is 366 g/mol. The first-order chi connectivity index (χ1) is 11.8. The zero-order valence-corrected chi connectivity index (χ0v) is 15.4. The zero-order chi connectivity index (χ0) is 18.0. The topological polar surface area (TPSA) is 87.0 Å². The van der Waals surface area contributed by atoms with Crippen LogP contribution in [0.4, 0.5) is 5.69 Å². The van der Waals surface area contributed by atoms with Gasteiger partial charge in [-0.3, -0.25) is 4.79 Å². The molecule has 1 amide bonds. The van der Waals surface area contributed by atoms with Crippen molar-refractivity contribution < 1.29 is 13.2 Å². The van der Waals surface area contributed by atoms with Gasteiger partial charge in [0.25, 0.3) is 0 Å². The van der Waals surface area contributed by atoms with Crippen LogP contribution >= 0.6 is 0 Å². The summed E-state index contributed by atoms with van der Waals surface area (Å²) in [5.41, 5.74) is 8.08. The van der Waals surface area contributed by atoms with Gasteiger partial charge in [0.15, 0.2) is 0 Å². The number of carbonyl (C=O) groups is 1. The number of hydrogen-bond acceptors (Lipinski definition) is 5. The van der Waals surface area contributed by atoms with Gasteiger partial charge in [-0.25, -0.2) is 8.42 Å². The maximum Gasteiger partial charge on any atom is 0.239 e. The lowest BCUT2D eigenvalue weighted by Gasteiger charge is -2.35. The fourth-order valence-electron chi connectivity index (χ4n) is 3.40. The minimum Gasteiger partial charge on any atom is -0.369 e. The molecular weight excluding hydrogens is 340 g/mol. The van der Waals surface area contributed by atoms with Crippen molar-refractivity contribution in [2.45, 2.75) is 19.4 Å². The van der Waals surface area contributed by atoms with Crippen LogP contribution < -0.4 is 10.6 Å². The molecule has 8 heteroatoms. The third-order valence-electron chi connectivity index (χ3n) is 4.88. The van der Waals surface area contributed by atoms with Crippen LogP contribution in [0.25, 0.3) is 0 Å². The monoisotopic (exact) mass is 366 g/mol. The number of aryl methyl sites for hydroxylation is 1. The third-order valence-corrected chi connectivity index (χ3v) is 6.65. The molecule has 0 saturated carbocycles. The average Bonchev–Trinajstić information content (AvgIpc) is 3.01. The summed E-state index contributed by atoms with van der Waals surface area (Å²) in [7, 11) is -3.58. The van der Waals surface area contributed by atoms with E-state index in [9.17, 15) is 13.2 Å². The molecule has 25 heavy (non-hydrogen) atoms. The predicted octanol–water partition coefficient (Wildman–Crippen LogP) is 0.00642. The molecule has 0 unspecified atom stereocenters. The molecule has 2 N–H and O–H groups in total. The number of anilines is 1. The largest absolute Gasteiger partial charge is 0.369 e. The molecule has 2 fully saturated rings. The molecule has 2 aliphatic rings. The number of benzene rings is 1. The number of likely N-dealkylation sites (tertiary alicyclic amines) is 1. The van der Waals surface area contributed by atoms with Crippen LogP contribution in [0.5, 0.6) is 0 Å². The second-order valence-electron chi connectivity index (χ2n) is 6.87. The van der Waals surface area contributed by atoms with Crippen LogP contribution in [-0.2, 0) is 14.8 Å². The Balaban J connectivity index is 1.57. The molecule has 0 aliphatic carbocycles. The van der Waals surface area contributed by atoms with Gasteiger partial charge in [-0.05, 0) is 31.0 Å². The number of hydrogen-bond donors (Lipinski definition) is 1. The minimum absolute atomic E-state index is 0.0375. The van der Waals surface area contributed by atoms with E-state index in [4.69, 9.17) is 5.73 Å². The van der Waals surface area contributed by atoms with Gasteiger partial charge in [0.05, 0.1) is 0 Å². The van der Waals surface area contributed by atoms with Crippen molar-refractivity contribution >= 4 is 21.6 Å². The summed E-state index contributed by atoms with van der Waals surface area (Å²) in [6, 6.07) is 8.15. The smallest absolute Gasteiger partial charge is 0.239 e. The summed E-state index contributed by atoms with van der Waals surface area (Å²) in [5.74, 6) is -0.793. The van der Waals surface area contributed by atoms with E-state index in [2.05, 4.69) is 11.0 Å². The highest BCUT2D eigenvalue weighted by atomic mass is 32.2. The second kappa shape index (κ2) is 7.31. The van der Waals surface area contributed by atoms with E-state index in [1.54, 1.807) is 4.90 Å². The molecular formula is C17H26N4O3S. The Morgan fingerprint density at radius 1 is 1.20 bits per heavy atom. The van der Waals surface area contributed by atoms with Gasteiger partial charge in [-0.15, -0.1) is 0 Å². The Morgan fingerprint density at radius 2 is 1.92 bits per heavy atom. The van der Waals surface area contributed by atoms with Crippen LogP contribution in [0.15, 0.2) is 24.3 Å². The third kappa shape index (κ3) is 4.31. The number of nitrogens with two attached hydrogens (primary N) is 1. The fraction of sp³-hybridized carbons (Fsp3) is 0.588. The summed E-state index contributed by atoms with van der Waals surface area (Å²) < 4.78 is 26.6. The van der Waals surface area contributed by atoms with Crippen molar-refractivity contribution in [1.82, 2.24) is 9.21 Å². The Labute approximate surface area is 149 Å². The number of nitrogens with zero attached hydrogens (tertiary/aromatic N) is 3. The maximum atomic E-state index is 12.6. The quantitative estimate of drug-likeness (QED) is 0.811. The van der Waals surface area contributed by atoms with Crippen molar-refractivity contribution in [3.05, 3.63) is 29.8 Å². The van der Waals surface area contributed by atoms with Crippen molar-refractivity contribution in [3.63, 3.8) is 0 Å². The Bertz CT molecular complexity index is 729. The highest BCUT2D eigenvalue weighted by Gasteiger charge is 2.32. The van der Waals surface area contributed by atoms with Gasteiger partial charge in [0, 0.05) is 51.0 Å². The molecule has 2 aliphatic heterocycles. The van der Waals surface area contributed by atoms with E-state index >= 15 is 0 Å². The number of rotatable bonds is 4. The highest BCUT2D eigenvalue weighted by Crippen LogP contribution is 2.19. The summed E-state index contributed by atoms with van der Waals surface area (Å²) in [5, 5.41) is 0. The van der Waals surface area contributed by atoms with Gasteiger partial charge in [0.2, 0.25) is 15.9 Å². The van der Waals surface area contributed by atoms with E-state index in [0.29, 0.717) is 39.3 Å². The molecule has 0 aromatic heterocycles. The second-order valence-corrected chi connectivity index (χ2v) is 8.84. The van der Waals surface area contributed by atoms with E-state index < -0.39 is 15.8 Å². The first kappa shape index (κ1) is 18.2. The normalized spacial score (nSPS) is 22.4. The van der Waals surface area contributed by atoms with Crippen molar-refractivity contribution in [2.24, 2.45) is 5.73 Å². The number of carbonyl (C=O) groups excluding carboxylic acids is 1. The minimum atomic E-state index is -3.58. The van der Waals surface area contributed by atoms with Crippen molar-refractivity contribution in [2.75, 3.05) is 49.9 Å². The molecule has 2 saturated heterocycles. The predicted molar refractivity (Wildman–Crippen MR) is 97.9 cm³/mol. The van der Waals surface area contributed by atoms with Gasteiger partial charge in [-0.2, -0.15) is 4.31 Å². The number of amides is 1. The molecule has 7 nitrogen and oxygen atoms in total. The SMILES string of the molecule is Cc1cccc(N2CCN(S(=O)(=O)CC(=O)N3CC[C@H](N)C3)CC2)c1. The fourth-order valence-corrected chi connectivity index (χ4v) is 4.80. The molecule has 1 atom stereocenters. The molecule has 2 heterocycles. The highest BCUT2D eigenvalue weighted by molar-refractivity contribution is 7.89. The molecule has 0 spiro atoms. The first-order valence-corrected chi connectivity index (χ1v) is 10.3. The molecule has 0 radical (unpaired) electrons. The lowest BCUT2D eigenvalue weighted by Crippen LogP contribution is -2.51. The van der Waals surface area contributed by atoms with Crippen LogP contribution in [0.3, 0.4) is 0 Å². The standard InChI is InChI=1S/C17H26N4O3S/c1-14-3-2-4-16(11-14)19-7-9-21(10-8-19)25(23,24)13-17(22)20-6-5-15(18)12-20/h2-4,11,15H,5-10,12-13,18H2,1H3/t15-/m0/s1. The summed E-state index contributed by atoms with van der Waals surface area (Å²) in [6.07, 6.45) is 0.737. The first-order valence-electron chi connectivity index (χ1n) is 8.68. The van der Waals surface area contributed by atoms with Gasteiger partial charge >= 0.3 is 0 Å². The molecule has 3 rings (SSSR count). The maximum absolute atomic E-state index is 12.6. The summed E-state index contributed by atoms with van der Waals surface area (Å²) in [4.78, 5) is 16.0. The summed E-state index contributed by atoms with van der Waals surface area (Å²) >= 11 is 0. The zero-order valence-electron chi connectivity index (χ0n) is 14.6. The Kier molecular flexibility index (Phi) is 5.31. The Morgan fingerprint density at radius 3 is 2.52 bits per heavy atom. The van der Waals surface area contributed by atoms with Gasteiger partial charge in [0.1, 0.15) is 5.75 Å². The molecule has 1 aromatic rings. The van der Waals surface area contributed by atoms with Gasteiger partial charge in [-0.1, -0.05) is 12.1 Å². The van der Waals surface area contributed by atoms with Crippen LogP contribution in [0.2, 0.25) is 0 Å². The van der Waals surface area contributed by atoms with Crippen LogP contribution in [0, 0.1) is 6.92 Å². The van der Waals surface area contributed by atoms with Crippen LogP contribution in [-0.4, -0.2) is 74.6 Å². The van der Waals surface area contributed by atoms with E-state index in [1.165, 1.54) is 9.87 Å². The molecule has 0 bridgehead atoms. The Hall–Kier alpha value is -1.64. The van der Waals surface area contributed by atoms with Crippen molar-refractivity contribution in [3.8, 4) is 0 Å². The lowest BCUT2D eigenvalue weighted by atomic mass is 10.2. The molecule has 138 valence electrons. The van der Waals surface area contributed by atoms with E-state index in [-0.39, 0.29) is 11.9 Å². The van der Waals surface area contributed by atoms with E-state index in [0.717, 1.165) is 12.1 Å². The number of sulfonamides is 1. The number of piperazine rings is 1.